The summed E-state index contributed by atoms with van der Waals surface area (Å²) in [6.45, 7) is 4.80. The molecule has 1 aliphatic rings. The third-order valence-electron chi connectivity index (χ3n) is 3.34. The van der Waals surface area contributed by atoms with Crippen LogP contribution < -0.4 is 10.7 Å². The first-order valence-corrected chi connectivity index (χ1v) is 6.75. The molecule has 6 nitrogen and oxygen atoms in total. The van der Waals surface area contributed by atoms with Crippen LogP contribution in [-0.2, 0) is 4.79 Å². The average Bonchev–Trinajstić information content (AvgIpc) is 2.74. The minimum Gasteiger partial charge on any atom is -0.364 e. The molecule has 0 aliphatic carbocycles. The van der Waals surface area contributed by atoms with E-state index in [0.717, 1.165) is 13.0 Å². The molecule has 2 heterocycles. The zero-order valence-electron chi connectivity index (χ0n) is 11.7. The van der Waals surface area contributed by atoms with Gasteiger partial charge < -0.3 is 15.2 Å². The number of nitrogens with one attached hydrogen (secondary N) is 2. The van der Waals surface area contributed by atoms with Crippen LogP contribution in [0.3, 0.4) is 0 Å². The van der Waals surface area contributed by atoms with E-state index in [2.05, 4.69) is 10.3 Å². The Kier molecular flexibility index (Phi) is 4.22. The van der Waals surface area contributed by atoms with Gasteiger partial charge in [0.15, 0.2) is 5.43 Å². The van der Waals surface area contributed by atoms with Gasteiger partial charge in [-0.25, -0.2) is 0 Å². The van der Waals surface area contributed by atoms with Gasteiger partial charge in [0.1, 0.15) is 5.56 Å². The van der Waals surface area contributed by atoms with Crippen LogP contribution in [0.2, 0.25) is 0 Å². The molecule has 0 aromatic carbocycles. The minimum absolute atomic E-state index is 0.0928. The summed E-state index contributed by atoms with van der Waals surface area (Å²) in [7, 11) is 0. The van der Waals surface area contributed by atoms with Crippen LogP contribution in [0.15, 0.2) is 17.1 Å². The Morgan fingerprint density at radius 3 is 2.85 bits per heavy atom. The van der Waals surface area contributed by atoms with Crippen LogP contribution in [0.4, 0.5) is 0 Å². The summed E-state index contributed by atoms with van der Waals surface area (Å²) in [4.78, 5) is 39.8. The SMILES string of the molecule is Cc1cc(=O)c(C(=O)NC(C)CN2CCCC2=O)c[nH]1. The zero-order chi connectivity index (χ0) is 14.7. The summed E-state index contributed by atoms with van der Waals surface area (Å²) in [5.74, 6) is -0.287. The van der Waals surface area contributed by atoms with Crippen molar-refractivity contribution in [2.75, 3.05) is 13.1 Å². The Balaban J connectivity index is 1.96. The first-order chi connectivity index (χ1) is 9.47. The van der Waals surface area contributed by atoms with Gasteiger partial charge >= 0.3 is 0 Å². The molecule has 0 radical (unpaired) electrons. The largest absolute Gasteiger partial charge is 0.364 e. The zero-order valence-corrected chi connectivity index (χ0v) is 11.7. The van der Waals surface area contributed by atoms with Crippen molar-refractivity contribution in [2.24, 2.45) is 0 Å². The Morgan fingerprint density at radius 1 is 1.50 bits per heavy atom. The van der Waals surface area contributed by atoms with Crippen molar-refractivity contribution >= 4 is 11.8 Å². The summed E-state index contributed by atoms with van der Waals surface area (Å²) < 4.78 is 0. The van der Waals surface area contributed by atoms with E-state index >= 15 is 0 Å². The van der Waals surface area contributed by atoms with E-state index in [9.17, 15) is 14.4 Å². The molecule has 0 bridgehead atoms. The standard InChI is InChI=1S/C14H19N3O3/c1-9-6-12(18)11(7-15-9)14(20)16-10(2)8-17-5-3-4-13(17)19/h6-7,10H,3-5,8H2,1-2H3,(H,15,18)(H,16,20). The van der Waals surface area contributed by atoms with E-state index in [4.69, 9.17) is 0 Å². The van der Waals surface area contributed by atoms with Gasteiger partial charge in [-0.05, 0) is 20.3 Å². The number of amides is 2. The van der Waals surface area contributed by atoms with E-state index in [0.29, 0.717) is 18.7 Å². The first kappa shape index (κ1) is 14.3. The lowest BCUT2D eigenvalue weighted by Gasteiger charge is -2.21. The second kappa shape index (κ2) is 5.90. The van der Waals surface area contributed by atoms with Crippen molar-refractivity contribution in [3.05, 3.63) is 33.7 Å². The fourth-order valence-corrected chi connectivity index (χ4v) is 2.33. The topological polar surface area (TPSA) is 82.3 Å². The van der Waals surface area contributed by atoms with E-state index in [1.54, 1.807) is 11.8 Å². The number of carbonyl (C=O) groups excluding carboxylic acids is 2. The van der Waals surface area contributed by atoms with Gasteiger partial charge in [-0.1, -0.05) is 0 Å². The van der Waals surface area contributed by atoms with Crippen molar-refractivity contribution in [1.29, 1.82) is 0 Å². The molecule has 1 aromatic heterocycles. The van der Waals surface area contributed by atoms with Crippen molar-refractivity contribution in [3.8, 4) is 0 Å². The van der Waals surface area contributed by atoms with E-state index < -0.39 is 5.91 Å². The van der Waals surface area contributed by atoms with Crippen LogP contribution in [0, 0.1) is 6.92 Å². The normalized spacial score (nSPS) is 16.3. The fourth-order valence-electron chi connectivity index (χ4n) is 2.33. The number of carbonyl (C=O) groups is 2. The molecule has 1 aromatic rings. The maximum absolute atomic E-state index is 12.0. The summed E-state index contributed by atoms with van der Waals surface area (Å²) >= 11 is 0. The van der Waals surface area contributed by atoms with Crippen LogP contribution in [-0.4, -0.2) is 40.8 Å². The summed E-state index contributed by atoms with van der Waals surface area (Å²) in [6.07, 6.45) is 2.87. The van der Waals surface area contributed by atoms with Gasteiger partial charge in [0.25, 0.3) is 5.91 Å². The Bertz CT molecular complexity index is 579. The first-order valence-electron chi connectivity index (χ1n) is 6.75. The van der Waals surface area contributed by atoms with Crippen molar-refractivity contribution in [3.63, 3.8) is 0 Å². The maximum atomic E-state index is 12.0. The minimum atomic E-state index is -0.412. The highest BCUT2D eigenvalue weighted by atomic mass is 16.2. The van der Waals surface area contributed by atoms with Gasteiger partial charge in [0, 0.05) is 43.5 Å². The highest BCUT2D eigenvalue weighted by Gasteiger charge is 2.22. The van der Waals surface area contributed by atoms with Gasteiger partial charge in [0.2, 0.25) is 5.91 Å². The predicted octanol–water partition coefficient (Wildman–Crippen LogP) is 0.424. The number of likely N-dealkylation sites (tertiary alicyclic amines) is 1. The number of H-pyrrole nitrogens is 1. The second-order valence-electron chi connectivity index (χ2n) is 5.21. The van der Waals surface area contributed by atoms with Crippen LogP contribution in [0.5, 0.6) is 0 Å². The molecular formula is C14H19N3O3. The van der Waals surface area contributed by atoms with Gasteiger partial charge in [-0.15, -0.1) is 0 Å². The van der Waals surface area contributed by atoms with Crippen LogP contribution in [0.1, 0.15) is 35.8 Å². The molecule has 1 aliphatic heterocycles. The van der Waals surface area contributed by atoms with Crippen LogP contribution >= 0.6 is 0 Å². The molecule has 1 fully saturated rings. The lowest BCUT2D eigenvalue weighted by Crippen LogP contribution is -2.43. The molecule has 1 atom stereocenters. The highest BCUT2D eigenvalue weighted by molar-refractivity contribution is 5.94. The average molecular weight is 277 g/mol. The number of nitrogens with zero attached hydrogens (tertiary/aromatic N) is 1. The molecule has 6 heteroatoms. The number of rotatable bonds is 4. The maximum Gasteiger partial charge on any atom is 0.257 e. The van der Waals surface area contributed by atoms with E-state index in [1.165, 1.54) is 12.3 Å². The second-order valence-corrected chi connectivity index (χ2v) is 5.21. The Hall–Kier alpha value is -2.11. The van der Waals surface area contributed by atoms with Gasteiger partial charge in [-0.2, -0.15) is 0 Å². The lowest BCUT2D eigenvalue weighted by molar-refractivity contribution is -0.127. The molecule has 1 unspecified atom stereocenters. The van der Waals surface area contributed by atoms with Crippen LogP contribution in [0.25, 0.3) is 0 Å². The fraction of sp³-hybridized carbons (Fsp3) is 0.500. The molecule has 2 N–H and O–H groups in total. The number of aromatic nitrogens is 1. The number of hydrogen-bond donors (Lipinski definition) is 2. The number of aryl methyl sites for hydroxylation is 1. The highest BCUT2D eigenvalue weighted by Crippen LogP contribution is 2.09. The summed E-state index contributed by atoms with van der Waals surface area (Å²) in [5.41, 5.74) is 0.501. The molecule has 20 heavy (non-hydrogen) atoms. The monoisotopic (exact) mass is 277 g/mol. The molecule has 0 saturated carbocycles. The number of hydrogen-bond acceptors (Lipinski definition) is 3. The molecular weight excluding hydrogens is 258 g/mol. The van der Waals surface area contributed by atoms with Crippen molar-refractivity contribution in [2.45, 2.75) is 32.7 Å². The molecule has 0 spiro atoms. The predicted molar refractivity (Wildman–Crippen MR) is 74.5 cm³/mol. The van der Waals surface area contributed by atoms with E-state index in [1.807, 2.05) is 6.92 Å². The number of pyridine rings is 1. The Morgan fingerprint density at radius 2 is 2.25 bits per heavy atom. The molecule has 2 amide bonds. The summed E-state index contributed by atoms with van der Waals surface area (Å²) in [5, 5.41) is 2.75. The molecule has 108 valence electrons. The lowest BCUT2D eigenvalue weighted by atomic mass is 10.2. The van der Waals surface area contributed by atoms with Gasteiger partial charge in [0.05, 0.1) is 0 Å². The molecule has 1 saturated heterocycles. The van der Waals surface area contributed by atoms with Crippen molar-refractivity contribution in [1.82, 2.24) is 15.2 Å². The smallest absolute Gasteiger partial charge is 0.257 e. The molecule has 2 rings (SSSR count). The van der Waals surface area contributed by atoms with Crippen molar-refractivity contribution < 1.29 is 9.59 Å². The third kappa shape index (κ3) is 3.26. The Labute approximate surface area is 117 Å². The van der Waals surface area contributed by atoms with Gasteiger partial charge in [-0.3, -0.25) is 14.4 Å². The third-order valence-corrected chi connectivity index (χ3v) is 3.34. The summed E-state index contributed by atoms with van der Waals surface area (Å²) in [6, 6.07) is 1.20. The quantitative estimate of drug-likeness (QED) is 0.837. The number of aromatic amines is 1. The van der Waals surface area contributed by atoms with E-state index in [-0.39, 0.29) is 22.9 Å².